The molecule has 2 aromatic carbocycles. The SMILES string of the molecule is Cl.O=C(COc1ccccc1)N(CCCN1CCOCC1)c1nc2c(F)cccc2s1. The average Bonchev–Trinajstić information content (AvgIpc) is 3.22. The van der Waals surface area contributed by atoms with Crippen LogP contribution in [0.2, 0.25) is 0 Å². The third-order valence-electron chi connectivity index (χ3n) is 4.96. The van der Waals surface area contributed by atoms with E-state index in [1.807, 2.05) is 36.4 Å². The summed E-state index contributed by atoms with van der Waals surface area (Å²) in [5.74, 6) is 0.0611. The first kappa shape index (κ1) is 23.4. The molecule has 0 aliphatic carbocycles. The summed E-state index contributed by atoms with van der Waals surface area (Å²) in [7, 11) is 0. The Bertz CT molecular complexity index is 983. The number of rotatable bonds is 8. The number of anilines is 1. The molecule has 1 aliphatic heterocycles. The number of amides is 1. The quantitative estimate of drug-likeness (QED) is 0.503. The Morgan fingerprint density at radius 1 is 1.16 bits per heavy atom. The largest absolute Gasteiger partial charge is 0.484 e. The molecule has 0 radical (unpaired) electrons. The summed E-state index contributed by atoms with van der Waals surface area (Å²) in [4.78, 5) is 21.4. The number of hydrogen-bond acceptors (Lipinski definition) is 6. The van der Waals surface area contributed by atoms with Gasteiger partial charge in [-0.2, -0.15) is 0 Å². The van der Waals surface area contributed by atoms with Gasteiger partial charge in [0.15, 0.2) is 11.7 Å². The lowest BCUT2D eigenvalue weighted by Crippen LogP contribution is -2.40. The van der Waals surface area contributed by atoms with Gasteiger partial charge in [-0.15, -0.1) is 12.4 Å². The standard InChI is InChI=1S/C22H24FN3O3S.ClH/c23-18-8-4-9-19-21(18)24-22(30-19)26(11-5-10-25-12-14-28-15-13-25)20(27)16-29-17-6-2-1-3-7-17;/h1-4,6-9H,5,10-16H2;1H. The molecule has 1 aliphatic rings. The first-order valence-corrected chi connectivity index (χ1v) is 10.9. The van der Waals surface area contributed by atoms with Crippen LogP contribution in [0.4, 0.5) is 9.52 Å². The summed E-state index contributed by atoms with van der Waals surface area (Å²) in [5.41, 5.74) is 0.299. The Hall–Kier alpha value is -2.26. The number of morpholine rings is 1. The molecule has 1 aromatic heterocycles. The molecule has 0 bridgehead atoms. The van der Waals surface area contributed by atoms with E-state index in [0.717, 1.165) is 44.0 Å². The van der Waals surface area contributed by atoms with Crippen molar-refractivity contribution in [1.29, 1.82) is 0 Å². The number of ether oxygens (including phenoxy) is 2. The van der Waals surface area contributed by atoms with E-state index in [1.165, 1.54) is 17.4 Å². The highest BCUT2D eigenvalue weighted by Crippen LogP contribution is 2.30. The van der Waals surface area contributed by atoms with Crippen LogP contribution in [0.3, 0.4) is 0 Å². The molecule has 6 nitrogen and oxygen atoms in total. The Balaban J connectivity index is 0.00000272. The molecule has 0 N–H and O–H groups in total. The number of carbonyl (C=O) groups excluding carboxylic acids is 1. The van der Waals surface area contributed by atoms with E-state index in [9.17, 15) is 9.18 Å². The predicted octanol–water partition coefficient (Wildman–Crippen LogP) is 3.99. The van der Waals surface area contributed by atoms with Crippen LogP contribution < -0.4 is 9.64 Å². The van der Waals surface area contributed by atoms with Gasteiger partial charge in [0.1, 0.15) is 17.1 Å². The van der Waals surface area contributed by atoms with E-state index < -0.39 is 0 Å². The van der Waals surface area contributed by atoms with E-state index in [-0.39, 0.29) is 30.7 Å². The van der Waals surface area contributed by atoms with Crippen LogP contribution in [0, 0.1) is 5.82 Å². The second kappa shape index (κ2) is 11.4. The van der Waals surface area contributed by atoms with Gasteiger partial charge in [0.2, 0.25) is 0 Å². The lowest BCUT2D eigenvalue weighted by molar-refractivity contribution is -0.120. The minimum atomic E-state index is -0.378. The predicted molar refractivity (Wildman–Crippen MR) is 123 cm³/mol. The molecule has 1 amide bonds. The zero-order chi connectivity index (χ0) is 20.8. The zero-order valence-electron chi connectivity index (χ0n) is 17.0. The Morgan fingerprint density at radius 2 is 1.94 bits per heavy atom. The second-order valence-corrected chi connectivity index (χ2v) is 8.05. The Labute approximate surface area is 191 Å². The van der Waals surface area contributed by atoms with Crippen molar-refractivity contribution in [2.75, 3.05) is 50.9 Å². The van der Waals surface area contributed by atoms with E-state index in [1.54, 1.807) is 11.0 Å². The molecule has 0 atom stereocenters. The van der Waals surface area contributed by atoms with Gasteiger partial charge in [-0.25, -0.2) is 9.37 Å². The minimum absolute atomic E-state index is 0. The molecule has 4 rings (SSSR count). The first-order valence-electron chi connectivity index (χ1n) is 10.0. The van der Waals surface area contributed by atoms with Crippen molar-refractivity contribution < 1.29 is 18.7 Å². The summed E-state index contributed by atoms with van der Waals surface area (Å²) in [5, 5.41) is 0.499. The van der Waals surface area contributed by atoms with Gasteiger partial charge in [0, 0.05) is 26.2 Å². The fraction of sp³-hybridized carbons (Fsp3) is 0.364. The third-order valence-corrected chi connectivity index (χ3v) is 6.00. The third kappa shape index (κ3) is 6.13. The van der Waals surface area contributed by atoms with Crippen LogP contribution in [0.1, 0.15) is 6.42 Å². The molecular formula is C22H25ClFN3O3S. The van der Waals surface area contributed by atoms with Gasteiger partial charge >= 0.3 is 0 Å². The van der Waals surface area contributed by atoms with Crippen LogP contribution in [0.15, 0.2) is 48.5 Å². The maximum absolute atomic E-state index is 14.1. The van der Waals surface area contributed by atoms with Crippen LogP contribution >= 0.6 is 23.7 Å². The van der Waals surface area contributed by atoms with E-state index in [4.69, 9.17) is 9.47 Å². The molecule has 9 heteroatoms. The minimum Gasteiger partial charge on any atom is -0.484 e. The van der Waals surface area contributed by atoms with Crippen molar-refractivity contribution >= 4 is 45.0 Å². The van der Waals surface area contributed by atoms with E-state index in [0.29, 0.717) is 22.9 Å². The fourth-order valence-corrected chi connectivity index (χ4v) is 4.39. The van der Waals surface area contributed by atoms with Gasteiger partial charge < -0.3 is 9.47 Å². The molecule has 0 spiro atoms. The highest BCUT2D eigenvalue weighted by atomic mass is 35.5. The smallest absolute Gasteiger partial charge is 0.266 e. The number of nitrogens with zero attached hydrogens (tertiary/aromatic N) is 3. The number of carbonyl (C=O) groups is 1. The van der Waals surface area contributed by atoms with Crippen molar-refractivity contribution in [2.45, 2.75) is 6.42 Å². The van der Waals surface area contributed by atoms with Crippen molar-refractivity contribution in [3.63, 3.8) is 0 Å². The van der Waals surface area contributed by atoms with Gasteiger partial charge in [-0.05, 0) is 30.7 Å². The van der Waals surface area contributed by atoms with Crippen LogP contribution in [0.5, 0.6) is 5.75 Å². The summed E-state index contributed by atoms with van der Waals surface area (Å²) < 4.78 is 25.9. The molecule has 1 saturated heterocycles. The van der Waals surface area contributed by atoms with Gasteiger partial charge in [-0.1, -0.05) is 35.6 Å². The number of aromatic nitrogens is 1. The van der Waals surface area contributed by atoms with Gasteiger partial charge in [-0.3, -0.25) is 14.6 Å². The number of fused-ring (bicyclic) bond motifs is 1. The molecule has 31 heavy (non-hydrogen) atoms. The number of thiazole rings is 1. The summed E-state index contributed by atoms with van der Waals surface area (Å²) in [6.45, 7) is 4.55. The normalized spacial score (nSPS) is 14.2. The van der Waals surface area contributed by atoms with Crippen LogP contribution in [0.25, 0.3) is 10.2 Å². The zero-order valence-corrected chi connectivity index (χ0v) is 18.7. The Kier molecular flexibility index (Phi) is 8.60. The molecule has 2 heterocycles. The highest BCUT2D eigenvalue weighted by Gasteiger charge is 2.22. The maximum atomic E-state index is 14.1. The van der Waals surface area contributed by atoms with Crippen LogP contribution in [-0.4, -0.2) is 61.8 Å². The topological polar surface area (TPSA) is 54.9 Å². The molecular weight excluding hydrogens is 441 g/mol. The van der Waals surface area contributed by atoms with E-state index in [2.05, 4.69) is 9.88 Å². The van der Waals surface area contributed by atoms with Crippen LogP contribution in [-0.2, 0) is 9.53 Å². The molecule has 166 valence electrons. The highest BCUT2D eigenvalue weighted by molar-refractivity contribution is 7.22. The Morgan fingerprint density at radius 3 is 2.68 bits per heavy atom. The lowest BCUT2D eigenvalue weighted by atomic mass is 10.3. The van der Waals surface area contributed by atoms with E-state index >= 15 is 0 Å². The van der Waals surface area contributed by atoms with Crippen molar-refractivity contribution in [1.82, 2.24) is 9.88 Å². The van der Waals surface area contributed by atoms with Gasteiger partial charge in [0.05, 0.1) is 17.9 Å². The second-order valence-electron chi connectivity index (χ2n) is 7.04. The monoisotopic (exact) mass is 465 g/mol. The number of benzene rings is 2. The molecule has 3 aromatic rings. The van der Waals surface area contributed by atoms with Crippen molar-refractivity contribution in [3.8, 4) is 5.75 Å². The van der Waals surface area contributed by atoms with Crippen molar-refractivity contribution in [2.24, 2.45) is 0 Å². The maximum Gasteiger partial charge on any atom is 0.266 e. The summed E-state index contributed by atoms with van der Waals surface area (Å²) in [6.07, 6.45) is 0.787. The van der Waals surface area contributed by atoms with Gasteiger partial charge in [0.25, 0.3) is 5.91 Å². The first-order chi connectivity index (χ1) is 14.7. The molecule has 0 unspecified atom stereocenters. The number of halogens is 2. The van der Waals surface area contributed by atoms with Crippen molar-refractivity contribution in [3.05, 3.63) is 54.3 Å². The number of hydrogen-bond donors (Lipinski definition) is 0. The molecule has 0 saturated carbocycles. The number of para-hydroxylation sites is 2. The molecule has 1 fully saturated rings. The fourth-order valence-electron chi connectivity index (χ4n) is 3.36. The summed E-state index contributed by atoms with van der Waals surface area (Å²) in [6, 6.07) is 14.1. The average molecular weight is 466 g/mol. The summed E-state index contributed by atoms with van der Waals surface area (Å²) >= 11 is 1.32. The lowest BCUT2D eigenvalue weighted by Gasteiger charge is -2.27.